The van der Waals surface area contributed by atoms with Crippen molar-refractivity contribution in [2.45, 2.75) is 113 Å². The number of rotatable bonds is 11. The summed E-state index contributed by atoms with van der Waals surface area (Å²) in [4.78, 5) is 51.3. The van der Waals surface area contributed by atoms with Crippen LogP contribution in [0.25, 0.3) is 0 Å². The summed E-state index contributed by atoms with van der Waals surface area (Å²) in [5, 5.41) is 4.13. The van der Waals surface area contributed by atoms with Gasteiger partial charge in [0, 0.05) is 0 Å². The molecule has 2 saturated carbocycles. The van der Waals surface area contributed by atoms with Gasteiger partial charge >= 0.3 is 12.0 Å². The first kappa shape index (κ1) is 33.8. The van der Waals surface area contributed by atoms with E-state index in [4.69, 9.17) is 15.2 Å². The number of carbonyl (C=O) groups excluding carboxylic acids is 4. The average molecular weight is 564 g/mol. The topological polar surface area (TPSA) is 137 Å². The van der Waals surface area contributed by atoms with Gasteiger partial charge in [-0.15, -0.1) is 5.10 Å². The SMILES string of the molecule is CC(=O)[C@@H](C(=O)O[C@@H]1C[C@H](C)CC[C@@H]1C(C)C)[C@H](C)[C@@H](C(C)=O)/C(=N/NC(N)=O)O[C@@H]1C[C@H](C)CC[C@@H]1C(C)C. The van der Waals surface area contributed by atoms with Gasteiger partial charge in [-0.3, -0.25) is 14.4 Å². The minimum absolute atomic E-state index is 0.0195. The van der Waals surface area contributed by atoms with E-state index in [9.17, 15) is 19.2 Å². The summed E-state index contributed by atoms with van der Waals surface area (Å²) < 4.78 is 12.5. The summed E-state index contributed by atoms with van der Waals surface area (Å²) in [6, 6.07) is -0.901. The standard InChI is InChI=1S/C31H53N3O6/c1-16(2)23-12-10-18(5)14-25(23)39-29(33-34-31(32)38)27(21(8)35)20(7)28(22(9)36)30(37)40-26-15-19(6)11-13-24(26)17(3)4/h16-20,23-28H,10-15H2,1-9H3,(H3,32,34,38)/b33-29-/t18-,19-,20-,23-,24-,25-,26-,27+,28+/m1/s1. The molecule has 2 aliphatic carbocycles. The Hall–Kier alpha value is -2.45. The van der Waals surface area contributed by atoms with Crippen LogP contribution in [0.15, 0.2) is 5.10 Å². The van der Waals surface area contributed by atoms with Crippen LogP contribution in [-0.2, 0) is 23.9 Å². The lowest BCUT2D eigenvalue weighted by atomic mass is 9.74. The van der Waals surface area contributed by atoms with E-state index in [0.29, 0.717) is 23.7 Å². The zero-order chi connectivity index (χ0) is 30.3. The smallest absolute Gasteiger partial charge is 0.332 e. The van der Waals surface area contributed by atoms with Crippen molar-refractivity contribution >= 4 is 29.5 Å². The highest BCUT2D eigenvalue weighted by molar-refractivity contribution is 6.04. The molecule has 40 heavy (non-hydrogen) atoms. The Morgan fingerprint density at radius 1 is 0.750 bits per heavy atom. The molecule has 0 spiro atoms. The van der Waals surface area contributed by atoms with Crippen LogP contribution in [0.3, 0.4) is 0 Å². The lowest BCUT2D eigenvalue weighted by molar-refractivity contribution is -0.165. The van der Waals surface area contributed by atoms with Crippen molar-refractivity contribution in [2.24, 2.45) is 64.1 Å². The third-order valence-corrected chi connectivity index (χ3v) is 9.19. The number of esters is 1. The molecule has 9 heteroatoms. The molecule has 228 valence electrons. The molecule has 0 saturated heterocycles. The Labute approximate surface area is 240 Å². The first-order valence-corrected chi connectivity index (χ1v) is 15.1. The molecule has 0 aromatic rings. The lowest BCUT2D eigenvalue weighted by Gasteiger charge is -2.39. The van der Waals surface area contributed by atoms with E-state index >= 15 is 0 Å². The number of Topliss-reactive ketones (excluding diaryl/α,β-unsaturated/α-hetero) is 2. The molecule has 2 aliphatic rings. The van der Waals surface area contributed by atoms with Crippen LogP contribution in [0.5, 0.6) is 0 Å². The monoisotopic (exact) mass is 563 g/mol. The maximum absolute atomic E-state index is 13.6. The fraction of sp³-hybridized carbons (Fsp3) is 0.839. The molecular weight excluding hydrogens is 510 g/mol. The number of nitrogens with zero attached hydrogens (tertiary/aromatic N) is 1. The number of ether oxygens (including phenoxy) is 2. The normalized spacial score (nSPS) is 29.8. The van der Waals surface area contributed by atoms with Gasteiger partial charge in [0.1, 0.15) is 29.7 Å². The highest BCUT2D eigenvalue weighted by Gasteiger charge is 2.44. The Morgan fingerprint density at radius 3 is 1.60 bits per heavy atom. The third-order valence-electron chi connectivity index (χ3n) is 9.19. The fourth-order valence-corrected chi connectivity index (χ4v) is 6.87. The van der Waals surface area contributed by atoms with Gasteiger partial charge in [0.2, 0.25) is 5.90 Å². The number of ketones is 2. The first-order valence-electron chi connectivity index (χ1n) is 15.1. The van der Waals surface area contributed by atoms with Gasteiger partial charge < -0.3 is 15.2 Å². The van der Waals surface area contributed by atoms with Gasteiger partial charge in [0.05, 0.1) is 5.92 Å². The zero-order valence-electron chi connectivity index (χ0n) is 26.1. The molecular formula is C31H53N3O6. The molecule has 0 heterocycles. The van der Waals surface area contributed by atoms with E-state index in [1.807, 2.05) is 0 Å². The minimum atomic E-state index is -1.19. The molecule has 0 bridgehead atoms. The van der Waals surface area contributed by atoms with Crippen LogP contribution in [0.1, 0.15) is 101 Å². The first-order chi connectivity index (χ1) is 18.6. The number of hydrogen-bond acceptors (Lipinski definition) is 7. The second-order valence-corrected chi connectivity index (χ2v) is 13.2. The average Bonchev–Trinajstić information content (AvgIpc) is 2.81. The molecule has 0 unspecified atom stereocenters. The van der Waals surface area contributed by atoms with Gasteiger partial charge in [-0.2, -0.15) is 0 Å². The van der Waals surface area contributed by atoms with Crippen molar-refractivity contribution in [2.75, 3.05) is 0 Å². The van der Waals surface area contributed by atoms with Crippen molar-refractivity contribution in [1.82, 2.24) is 5.43 Å². The van der Waals surface area contributed by atoms with Crippen LogP contribution in [0.4, 0.5) is 4.79 Å². The number of nitrogens with one attached hydrogen (secondary N) is 1. The van der Waals surface area contributed by atoms with E-state index in [1.54, 1.807) is 6.92 Å². The van der Waals surface area contributed by atoms with Crippen molar-refractivity contribution in [3.8, 4) is 0 Å². The Balaban J connectivity index is 2.41. The van der Waals surface area contributed by atoms with Crippen LogP contribution in [0, 0.1) is 53.3 Å². The van der Waals surface area contributed by atoms with Gasteiger partial charge in [-0.05, 0) is 81.0 Å². The minimum Gasteiger partial charge on any atom is -0.476 e. The van der Waals surface area contributed by atoms with Crippen LogP contribution in [-0.4, -0.2) is 41.7 Å². The summed E-state index contributed by atoms with van der Waals surface area (Å²) in [5.74, 6) is -2.44. The summed E-state index contributed by atoms with van der Waals surface area (Å²) >= 11 is 0. The van der Waals surface area contributed by atoms with E-state index in [2.05, 4.69) is 52.1 Å². The number of urea groups is 1. The second kappa shape index (κ2) is 15.0. The Morgan fingerprint density at radius 2 is 1.20 bits per heavy atom. The van der Waals surface area contributed by atoms with Gasteiger partial charge in [-0.1, -0.05) is 61.3 Å². The number of hydrogen-bond donors (Lipinski definition) is 2. The molecule has 9 atom stereocenters. The number of primary amides is 1. The van der Waals surface area contributed by atoms with E-state index in [1.165, 1.54) is 13.8 Å². The van der Waals surface area contributed by atoms with Crippen molar-refractivity contribution in [3.05, 3.63) is 0 Å². The summed E-state index contributed by atoms with van der Waals surface area (Å²) in [6.07, 6.45) is 5.10. The van der Waals surface area contributed by atoms with Crippen molar-refractivity contribution in [3.63, 3.8) is 0 Å². The van der Waals surface area contributed by atoms with Crippen molar-refractivity contribution in [1.29, 1.82) is 0 Å². The maximum atomic E-state index is 13.6. The Kier molecular flexibility index (Phi) is 12.6. The summed E-state index contributed by atoms with van der Waals surface area (Å²) in [6.45, 7) is 17.2. The van der Waals surface area contributed by atoms with Crippen LogP contribution < -0.4 is 11.2 Å². The van der Waals surface area contributed by atoms with Crippen molar-refractivity contribution < 1.29 is 28.7 Å². The van der Waals surface area contributed by atoms with E-state index in [-0.39, 0.29) is 41.5 Å². The summed E-state index contributed by atoms with van der Waals surface area (Å²) in [5.41, 5.74) is 7.52. The zero-order valence-corrected chi connectivity index (χ0v) is 26.1. The number of carbonyl (C=O) groups is 4. The molecule has 2 rings (SSSR count). The number of amides is 2. The molecule has 2 fully saturated rings. The number of hydrazone groups is 1. The Bertz CT molecular complexity index is 932. The van der Waals surface area contributed by atoms with E-state index in [0.717, 1.165) is 38.5 Å². The van der Waals surface area contributed by atoms with Gasteiger partial charge in [0.15, 0.2) is 0 Å². The summed E-state index contributed by atoms with van der Waals surface area (Å²) in [7, 11) is 0. The quantitative estimate of drug-likeness (QED) is 0.112. The highest BCUT2D eigenvalue weighted by Crippen LogP contribution is 2.38. The number of nitrogens with two attached hydrogens (primary N) is 1. The molecule has 0 radical (unpaired) electrons. The van der Waals surface area contributed by atoms with Gasteiger partial charge in [-0.25, -0.2) is 10.2 Å². The molecule has 0 aromatic heterocycles. The molecule has 0 aliphatic heterocycles. The predicted molar refractivity (Wildman–Crippen MR) is 155 cm³/mol. The maximum Gasteiger partial charge on any atom is 0.332 e. The highest BCUT2D eigenvalue weighted by atomic mass is 16.5. The van der Waals surface area contributed by atoms with Gasteiger partial charge in [0.25, 0.3) is 0 Å². The molecule has 2 amide bonds. The predicted octanol–water partition coefficient (Wildman–Crippen LogP) is 5.50. The largest absolute Gasteiger partial charge is 0.476 e. The second-order valence-electron chi connectivity index (χ2n) is 13.2. The lowest BCUT2D eigenvalue weighted by Crippen LogP contribution is -2.46. The fourth-order valence-electron chi connectivity index (χ4n) is 6.87. The molecule has 3 N–H and O–H groups in total. The van der Waals surface area contributed by atoms with Crippen LogP contribution >= 0.6 is 0 Å². The molecule has 9 nitrogen and oxygen atoms in total. The molecule has 0 aromatic carbocycles. The van der Waals surface area contributed by atoms with Crippen LogP contribution in [0.2, 0.25) is 0 Å². The third kappa shape index (κ3) is 9.03. The van der Waals surface area contributed by atoms with E-state index < -0.39 is 29.8 Å².